The number of nitrogens with one attached hydrogen (secondary N) is 1. The summed E-state index contributed by atoms with van der Waals surface area (Å²) < 4.78 is 5.37. The second-order valence-corrected chi connectivity index (χ2v) is 9.44. The number of morpholine rings is 1. The number of carbonyl (C=O) groups excluding carboxylic acids is 2. The fourth-order valence-corrected chi connectivity index (χ4v) is 5.88. The molecule has 2 unspecified atom stereocenters. The summed E-state index contributed by atoms with van der Waals surface area (Å²) >= 11 is 0. The van der Waals surface area contributed by atoms with Crippen LogP contribution in [0.15, 0.2) is 12.2 Å². The molecule has 0 radical (unpaired) electrons. The lowest BCUT2D eigenvalue weighted by atomic mass is 9.64. The van der Waals surface area contributed by atoms with Gasteiger partial charge in [-0.3, -0.25) is 9.59 Å². The van der Waals surface area contributed by atoms with E-state index in [2.05, 4.69) is 17.5 Å². The van der Waals surface area contributed by atoms with Gasteiger partial charge in [0.2, 0.25) is 11.8 Å². The van der Waals surface area contributed by atoms with Crippen LogP contribution in [0, 0.1) is 17.3 Å². The van der Waals surface area contributed by atoms with Crippen LogP contribution in [0.2, 0.25) is 0 Å². The molecule has 2 atom stereocenters. The van der Waals surface area contributed by atoms with Crippen molar-refractivity contribution in [3.63, 3.8) is 0 Å². The van der Waals surface area contributed by atoms with Gasteiger partial charge in [0.05, 0.1) is 25.0 Å². The number of hydrogen-bond acceptors (Lipinski definition) is 3. The molecule has 0 bridgehead atoms. The molecule has 4 rings (SSSR count). The summed E-state index contributed by atoms with van der Waals surface area (Å²) in [5.74, 6) is -0.194. The summed E-state index contributed by atoms with van der Waals surface area (Å²) in [6.07, 6.45) is 17.2. The Balaban J connectivity index is 1.32. The van der Waals surface area contributed by atoms with Crippen molar-refractivity contribution < 1.29 is 14.3 Å². The van der Waals surface area contributed by atoms with E-state index in [0.717, 1.165) is 12.8 Å². The summed E-state index contributed by atoms with van der Waals surface area (Å²) in [5, 5.41) is 3.33. The van der Waals surface area contributed by atoms with Gasteiger partial charge < -0.3 is 15.0 Å². The predicted molar refractivity (Wildman–Crippen MR) is 109 cm³/mol. The van der Waals surface area contributed by atoms with Gasteiger partial charge in [0, 0.05) is 19.1 Å². The molecule has 1 spiro atoms. The molecule has 1 saturated heterocycles. The van der Waals surface area contributed by atoms with E-state index in [9.17, 15) is 9.59 Å². The third-order valence-corrected chi connectivity index (χ3v) is 7.72. The lowest BCUT2D eigenvalue weighted by molar-refractivity contribution is -0.145. The lowest BCUT2D eigenvalue weighted by Crippen LogP contribution is -2.50. The first-order chi connectivity index (χ1) is 13.7. The molecule has 3 aliphatic carbocycles. The summed E-state index contributed by atoms with van der Waals surface area (Å²) in [6, 6.07) is 0.296. The molecule has 156 valence electrons. The Morgan fingerprint density at radius 2 is 1.54 bits per heavy atom. The minimum absolute atomic E-state index is 0.0977. The third kappa shape index (κ3) is 4.45. The van der Waals surface area contributed by atoms with Crippen molar-refractivity contribution in [1.82, 2.24) is 10.2 Å². The first-order valence-corrected chi connectivity index (χ1v) is 11.5. The largest absolute Gasteiger partial charge is 0.378 e. The Morgan fingerprint density at radius 1 is 0.893 bits per heavy atom. The van der Waals surface area contributed by atoms with E-state index < -0.39 is 0 Å². The smallest absolute Gasteiger partial charge is 0.226 e. The molecule has 1 aliphatic heterocycles. The van der Waals surface area contributed by atoms with E-state index in [4.69, 9.17) is 4.74 Å². The number of nitrogens with zero attached hydrogens (tertiary/aromatic N) is 1. The standard InChI is InChI=1S/C23H36N2O3/c26-21(24-18-8-12-23(13-9-18)10-4-1-5-11-23)19-6-2-3-7-20(19)22(27)25-14-16-28-17-15-25/h2-3,18-20H,1,4-17H2,(H,24,26). The van der Waals surface area contributed by atoms with Gasteiger partial charge in [-0.25, -0.2) is 0 Å². The van der Waals surface area contributed by atoms with Crippen molar-refractivity contribution in [2.45, 2.75) is 76.7 Å². The molecule has 28 heavy (non-hydrogen) atoms. The maximum atomic E-state index is 13.1. The zero-order valence-electron chi connectivity index (χ0n) is 17.2. The van der Waals surface area contributed by atoms with E-state index in [1.807, 2.05) is 4.90 Å². The van der Waals surface area contributed by atoms with Crippen molar-refractivity contribution in [3.8, 4) is 0 Å². The maximum absolute atomic E-state index is 13.1. The van der Waals surface area contributed by atoms with Gasteiger partial charge >= 0.3 is 0 Å². The Bertz CT molecular complexity index is 581. The zero-order valence-corrected chi connectivity index (χ0v) is 17.2. The lowest BCUT2D eigenvalue weighted by Gasteiger charge is -2.43. The molecular weight excluding hydrogens is 352 g/mol. The average Bonchev–Trinajstić information content (AvgIpc) is 2.76. The van der Waals surface area contributed by atoms with Crippen molar-refractivity contribution >= 4 is 11.8 Å². The van der Waals surface area contributed by atoms with E-state index in [-0.39, 0.29) is 23.7 Å². The fraction of sp³-hybridized carbons (Fsp3) is 0.826. The van der Waals surface area contributed by atoms with Crippen LogP contribution in [0.1, 0.15) is 70.6 Å². The number of rotatable bonds is 3. The molecular formula is C23H36N2O3. The number of carbonyl (C=O) groups is 2. The molecule has 5 nitrogen and oxygen atoms in total. The Hall–Kier alpha value is -1.36. The van der Waals surface area contributed by atoms with Crippen LogP contribution in [0.3, 0.4) is 0 Å². The predicted octanol–water partition coefficient (Wildman–Crippen LogP) is 3.44. The summed E-state index contributed by atoms with van der Waals surface area (Å²) in [5.41, 5.74) is 0.571. The highest BCUT2D eigenvalue weighted by molar-refractivity contribution is 5.88. The van der Waals surface area contributed by atoms with Crippen LogP contribution >= 0.6 is 0 Å². The molecule has 0 aromatic heterocycles. The summed E-state index contributed by atoms with van der Waals surface area (Å²) in [4.78, 5) is 28.0. The SMILES string of the molecule is O=C(NC1CCC2(CCCCC2)CC1)C1CC=CCC1C(=O)N1CCOCC1. The van der Waals surface area contributed by atoms with E-state index >= 15 is 0 Å². The van der Waals surface area contributed by atoms with Crippen LogP contribution in [-0.4, -0.2) is 49.1 Å². The van der Waals surface area contributed by atoms with Crippen LogP contribution in [-0.2, 0) is 14.3 Å². The highest BCUT2D eigenvalue weighted by Crippen LogP contribution is 2.47. The van der Waals surface area contributed by atoms with Gasteiger partial charge in [-0.2, -0.15) is 0 Å². The van der Waals surface area contributed by atoms with Crippen molar-refractivity contribution in [2.75, 3.05) is 26.3 Å². The topological polar surface area (TPSA) is 58.6 Å². The Morgan fingerprint density at radius 3 is 2.21 bits per heavy atom. The first kappa shape index (κ1) is 19.9. The van der Waals surface area contributed by atoms with E-state index in [0.29, 0.717) is 50.6 Å². The molecule has 0 aromatic rings. The number of allylic oxidation sites excluding steroid dienone is 2. The van der Waals surface area contributed by atoms with Crippen LogP contribution < -0.4 is 5.32 Å². The third-order valence-electron chi connectivity index (χ3n) is 7.72. The zero-order chi connectivity index (χ0) is 19.4. The molecule has 2 saturated carbocycles. The second-order valence-electron chi connectivity index (χ2n) is 9.44. The summed E-state index contributed by atoms with van der Waals surface area (Å²) in [6.45, 7) is 2.51. The average molecular weight is 389 g/mol. The number of hydrogen-bond donors (Lipinski definition) is 1. The quantitative estimate of drug-likeness (QED) is 0.754. The summed E-state index contributed by atoms with van der Waals surface area (Å²) in [7, 11) is 0. The maximum Gasteiger partial charge on any atom is 0.226 e. The van der Waals surface area contributed by atoms with E-state index in [1.54, 1.807) is 0 Å². The second kappa shape index (κ2) is 8.98. The van der Waals surface area contributed by atoms with E-state index in [1.165, 1.54) is 44.9 Å². The van der Waals surface area contributed by atoms with Crippen molar-refractivity contribution in [3.05, 3.63) is 12.2 Å². The molecule has 5 heteroatoms. The first-order valence-electron chi connectivity index (χ1n) is 11.5. The molecule has 1 N–H and O–H groups in total. The Kier molecular flexibility index (Phi) is 6.39. The van der Waals surface area contributed by atoms with Crippen LogP contribution in [0.4, 0.5) is 0 Å². The van der Waals surface area contributed by atoms with Gasteiger partial charge in [0.1, 0.15) is 0 Å². The van der Waals surface area contributed by atoms with Gasteiger partial charge in [-0.15, -0.1) is 0 Å². The highest BCUT2D eigenvalue weighted by atomic mass is 16.5. The van der Waals surface area contributed by atoms with Crippen molar-refractivity contribution in [1.29, 1.82) is 0 Å². The normalized spacial score (nSPS) is 30.9. The molecule has 3 fully saturated rings. The minimum atomic E-state index is -0.217. The molecule has 1 heterocycles. The Labute approximate surface area is 169 Å². The van der Waals surface area contributed by atoms with Crippen LogP contribution in [0.25, 0.3) is 0 Å². The van der Waals surface area contributed by atoms with Crippen molar-refractivity contribution in [2.24, 2.45) is 17.3 Å². The minimum Gasteiger partial charge on any atom is -0.378 e. The monoisotopic (exact) mass is 388 g/mol. The van der Waals surface area contributed by atoms with Crippen LogP contribution in [0.5, 0.6) is 0 Å². The number of ether oxygens (including phenoxy) is 1. The van der Waals surface area contributed by atoms with Gasteiger partial charge in [-0.05, 0) is 56.8 Å². The number of amides is 2. The van der Waals surface area contributed by atoms with Gasteiger partial charge in [0.25, 0.3) is 0 Å². The van der Waals surface area contributed by atoms with Gasteiger partial charge in [-0.1, -0.05) is 31.4 Å². The molecule has 4 aliphatic rings. The van der Waals surface area contributed by atoms with Gasteiger partial charge in [0.15, 0.2) is 0 Å². The highest BCUT2D eigenvalue weighted by Gasteiger charge is 2.40. The fourth-order valence-electron chi connectivity index (χ4n) is 5.88. The molecule has 0 aromatic carbocycles. The molecule has 2 amide bonds.